The number of urea groups is 1. The van der Waals surface area contributed by atoms with Gasteiger partial charge in [-0.05, 0) is 25.9 Å². The number of carboxylic acids is 1. The lowest BCUT2D eigenvalue weighted by Gasteiger charge is -2.43. The third-order valence-corrected chi connectivity index (χ3v) is 4.62. The van der Waals surface area contributed by atoms with E-state index in [1.807, 2.05) is 7.05 Å². The van der Waals surface area contributed by atoms with Crippen molar-refractivity contribution in [2.45, 2.75) is 13.3 Å². The van der Waals surface area contributed by atoms with Gasteiger partial charge in [0, 0.05) is 39.1 Å². The maximum absolute atomic E-state index is 12.2. The molecule has 6 nitrogen and oxygen atoms in total. The van der Waals surface area contributed by atoms with Crippen LogP contribution in [0.4, 0.5) is 4.79 Å². The van der Waals surface area contributed by atoms with Gasteiger partial charge in [0.25, 0.3) is 0 Å². The van der Waals surface area contributed by atoms with Crippen molar-refractivity contribution < 1.29 is 14.7 Å². The summed E-state index contributed by atoms with van der Waals surface area (Å²) < 4.78 is 0. The van der Waals surface area contributed by atoms with Crippen LogP contribution in [0.3, 0.4) is 0 Å². The molecule has 2 saturated heterocycles. The highest BCUT2D eigenvalue weighted by Gasteiger charge is 2.38. The molecule has 0 spiro atoms. The number of carbonyl (C=O) groups excluding carboxylic acids is 1. The number of hydrogen-bond acceptors (Lipinski definition) is 3. The maximum Gasteiger partial charge on any atom is 0.319 e. The smallest absolute Gasteiger partial charge is 0.319 e. The first-order valence-corrected chi connectivity index (χ1v) is 7.30. The summed E-state index contributed by atoms with van der Waals surface area (Å²) in [5.74, 6) is -0.483. The second kappa shape index (κ2) is 5.99. The molecule has 2 rings (SSSR count). The van der Waals surface area contributed by atoms with E-state index in [0.717, 1.165) is 26.1 Å². The quantitative estimate of drug-likeness (QED) is 0.822. The van der Waals surface area contributed by atoms with Crippen LogP contribution in [0.25, 0.3) is 0 Å². The van der Waals surface area contributed by atoms with Gasteiger partial charge >= 0.3 is 12.0 Å². The summed E-state index contributed by atoms with van der Waals surface area (Å²) in [6.07, 6.45) is 1.15. The summed E-state index contributed by atoms with van der Waals surface area (Å²) in [4.78, 5) is 28.9. The Morgan fingerprint density at radius 1 is 1.35 bits per heavy atom. The molecule has 2 fully saturated rings. The molecule has 0 aliphatic carbocycles. The maximum atomic E-state index is 12.2. The van der Waals surface area contributed by atoms with E-state index >= 15 is 0 Å². The van der Waals surface area contributed by atoms with Crippen molar-refractivity contribution in [2.24, 2.45) is 17.8 Å². The Bertz CT molecular complexity index is 382. The summed E-state index contributed by atoms with van der Waals surface area (Å²) >= 11 is 0. The van der Waals surface area contributed by atoms with E-state index < -0.39 is 5.97 Å². The number of nitrogens with zero attached hydrogens (tertiary/aromatic N) is 3. The highest BCUT2D eigenvalue weighted by atomic mass is 16.4. The Balaban J connectivity index is 1.74. The topological polar surface area (TPSA) is 64.1 Å². The molecule has 6 heteroatoms. The fraction of sp³-hybridized carbons (Fsp3) is 0.857. The van der Waals surface area contributed by atoms with E-state index in [1.165, 1.54) is 0 Å². The van der Waals surface area contributed by atoms with Crippen LogP contribution in [-0.2, 0) is 4.79 Å². The van der Waals surface area contributed by atoms with E-state index in [0.29, 0.717) is 19.0 Å². The van der Waals surface area contributed by atoms with Crippen LogP contribution < -0.4 is 0 Å². The predicted molar refractivity (Wildman–Crippen MR) is 75.5 cm³/mol. The number of amides is 2. The normalized spacial score (nSPS) is 25.4. The minimum Gasteiger partial charge on any atom is -0.481 e. The minimum atomic E-state index is -0.774. The van der Waals surface area contributed by atoms with Gasteiger partial charge in [-0.1, -0.05) is 6.92 Å². The molecule has 114 valence electrons. The van der Waals surface area contributed by atoms with Gasteiger partial charge in [0.05, 0.1) is 5.92 Å². The summed E-state index contributed by atoms with van der Waals surface area (Å²) in [5, 5.41) is 8.95. The van der Waals surface area contributed by atoms with Crippen molar-refractivity contribution in [1.82, 2.24) is 14.7 Å². The first-order chi connectivity index (χ1) is 9.38. The largest absolute Gasteiger partial charge is 0.481 e. The van der Waals surface area contributed by atoms with Crippen LogP contribution in [0.1, 0.15) is 13.3 Å². The van der Waals surface area contributed by atoms with Gasteiger partial charge in [-0.3, -0.25) is 4.79 Å². The molecular weight excluding hydrogens is 258 g/mol. The Morgan fingerprint density at radius 3 is 2.50 bits per heavy atom. The summed E-state index contributed by atoms with van der Waals surface area (Å²) in [7, 11) is 3.95. The number of rotatable bonds is 4. The monoisotopic (exact) mass is 283 g/mol. The molecule has 2 amide bonds. The summed E-state index contributed by atoms with van der Waals surface area (Å²) in [5.41, 5.74) is 0. The van der Waals surface area contributed by atoms with Gasteiger partial charge in [-0.25, -0.2) is 4.79 Å². The van der Waals surface area contributed by atoms with Crippen molar-refractivity contribution in [3.05, 3.63) is 0 Å². The highest BCUT2D eigenvalue weighted by Crippen LogP contribution is 2.25. The molecule has 2 unspecified atom stereocenters. The Hall–Kier alpha value is -1.30. The fourth-order valence-electron chi connectivity index (χ4n) is 3.07. The van der Waals surface area contributed by atoms with Crippen LogP contribution in [0.15, 0.2) is 0 Å². The molecule has 2 aliphatic heterocycles. The van der Waals surface area contributed by atoms with E-state index in [9.17, 15) is 9.59 Å². The zero-order valence-electron chi connectivity index (χ0n) is 12.6. The zero-order valence-corrected chi connectivity index (χ0v) is 12.6. The molecule has 2 aliphatic rings. The van der Waals surface area contributed by atoms with Gasteiger partial charge < -0.3 is 19.8 Å². The molecule has 2 heterocycles. The van der Waals surface area contributed by atoms with Crippen molar-refractivity contribution in [3.8, 4) is 0 Å². The van der Waals surface area contributed by atoms with Crippen molar-refractivity contribution >= 4 is 12.0 Å². The van der Waals surface area contributed by atoms with Crippen molar-refractivity contribution in [1.29, 1.82) is 0 Å². The third-order valence-electron chi connectivity index (χ3n) is 4.62. The van der Waals surface area contributed by atoms with E-state index in [2.05, 4.69) is 11.9 Å². The molecule has 1 N–H and O–H groups in total. The van der Waals surface area contributed by atoms with Crippen molar-refractivity contribution in [2.75, 3.05) is 46.8 Å². The molecular formula is C14H25N3O3. The highest BCUT2D eigenvalue weighted by molar-refractivity contribution is 5.76. The van der Waals surface area contributed by atoms with Crippen LogP contribution in [0.2, 0.25) is 0 Å². The number of likely N-dealkylation sites (tertiary alicyclic amines) is 2. The van der Waals surface area contributed by atoms with Gasteiger partial charge in [0.15, 0.2) is 0 Å². The first kappa shape index (κ1) is 15.1. The van der Waals surface area contributed by atoms with Crippen LogP contribution in [0, 0.1) is 17.8 Å². The van der Waals surface area contributed by atoms with Crippen LogP contribution in [-0.4, -0.2) is 78.6 Å². The average Bonchev–Trinajstić information content (AvgIpc) is 2.72. The lowest BCUT2D eigenvalue weighted by atomic mass is 9.87. The second-order valence-electron chi connectivity index (χ2n) is 6.37. The Morgan fingerprint density at radius 2 is 2.00 bits per heavy atom. The van der Waals surface area contributed by atoms with Crippen LogP contribution in [0.5, 0.6) is 0 Å². The van der Waals surface area contributed by atoms with E-state index in [1.54, 1.807) is 16.7 Å². The number of carbonyl (C=O) groups is 2. The zero-order chi connectivity index (χ0) is 14.9. The van der Waals surface area contributed by atoms with Gasteiger partial charge in [0.2, 0.25) is 0 Å². The standard InChI is InChI=1S/C14H25N3O3/c1-10(13(18)19)12-8-17(9-12)14(20)16(3)7-11-4-5-15(2)6-11/h10-12H,4-9H2,1-3H3,(H,18,19). The third kappa shape index (κ3) is 3.23. The van der Waals surface area contributed by atoms with Crippen molar-refractivity contribution in [3.63, 3.8) is 0 Å². The molecule has 0 aromatic rings. The Kier molecular flexibility index (Phi) is 4.52. The lowest BCUT2D eigenvalue weighted by Crippen LogP contribution is -2.57. The summed E-state index contributed by atoms with van der Waals surface area (Å²) in [6, 6.07) is 0.0355. The van der Waals surface area contributed by atoms with Gasteiger partial charge in [0.1, 0.15) is 0 Å². The molecule has 0 radical (unpaired) electrons. The minimum absolute atomic E-state index is 0.0355. The molecule has 0 bridgehead atoms. The van der Waals surface area contributed by atoms with Gasteiger partial charge in [-0.15, -0.1) is 0 Å². The molecule has 2 atom stereocenters. The lowest BCUT2D eigenvalue weighted by molar-refractivity contribution is -0.144. The van der Waals surface area contributed by atoms with Crippen LogP contribution >= 0.6 is 0 Å². The molecule has 20 heavy (non-hydrogen) atoms. The van der Waals surface area contributed by atoms with E-state index in [4.69, 9.17) is 5.11 Å². The number of carboxylic acid groups (broad SMARTS) is 1. The predicted octanol–water partition coefficient (Wildman–Crippen LogP) is 0.642. The van der Waals surface area contributed by atoms with E-state index in [-0.39, 0.29) is 17.9 Å². The fourth-order valence-corrected chi connectivity index (χ4v) is 3.07. The average molecular weight is 283 g/mol. The number of aliphatic carboxylic acids is 1. The Labute approximate surface area is 120 Å². The molecule has 0 aromatic heterocycles. The van der Waals surface area contributed by atoms with Gasteiger partial charge in [-0.2, -0.15) is 0 Å². The number of hydrogen-bond donors (Lipinski definition) is 1. The SMILES string of the molecule is CC(C(=O)O)C1CN(C(=O)N(C)CC2CCN(C)C2)C1. The second-order valence-corrected chi connectivity index (χ2v) is 6.37. The molecule has 0 aromatic carbocycles. The first-order valence-electron chi connectivity index (χ1n) is 7.30. The molecule has 0 saturated carbocycles. The summed E-state index contributed by atoms with van der Waals surface area (Å²) in [6.45, 7) is 5.80.